The molecule has 1 fully saturated rings. The molecule has 1 aliphatic carbocycles. The van der Waals surface area contributed by atoms with Gasteiger partial charge in [-0.25, -0.2) is 0 Å². The molecule has 1 amide bonds. The number of methoxy groups -OCH3 is 1. The smallest absolute Gasteiger partial charge is 0.231 e. The topological polar surface area (TPSA) is 57.2 Å². The minimum absolute atomic E-state index is 0.158. The van der Waals surface area contributed by atoms with E-state index in [-0.39, 0.29) is 18.7 Å². The zero-order chi connectivity index (χ0) is 18.2. The molecule has 2 aliphatic rings. The van der Waals surface area contributed by atoms with Gasteiger partial charge in [-0.15, -0.1) is 0 Å². The molecule has 1 aliphatic heterocycles. The van der Waals surface area contributed by atoms with Crippen LogP contribution >= 0.6 is 0 Å². The van der Waals surface area contributed by atoms with Crippen LogP contribution in [-0.2, 0) is 14.3 Å². The van der Waals surface area contributed by atoms with E-state index in [0.29, 0.717) is 26.2 Å². The molecule has 0 radical (unpaired) electrons. The molecule has 0 unspecified atom stereocenters. The van der Waals surface area contributed by atoms with E-state index in [4.69, 9.17) is 18.9 Å². The zero-order valence-corrected chi connectivity index (χ0v) is 15.6. The summed E-state index contributed by atoms with van der Waals surface area (Å²) in [5.41, 5.74) is 0.909. The molecule has 0 atom stereocenters. The SMILES string of the molecule is COCCOCCCC(=O)N(c1ccc2c(c1)OCO2)C1CCCCC1. The second kappa shape index (κ2) is 9.78. The van der Waals surface area contributed by atoms with Gasteiger partial charge < -0.3 is 23.8 Å². The Bertz CT molecular complexity index is 586. The molecule has 1 saturated carbocycles. The Labute approximate surface area is 155 Å². The lowest BCUT2D eigenvalue weighted by Crippen LogP contribution is -2.41. The van der Waals surface area contributed by atoms with Crippen molar-refractivity contribution in [1.29, 1.82) is 0 Å². The summed E-state index contributed by atoms with van der Waals surface area (Å²) in [6.45, 7) is 1.97. The van der Waals surface area contributed by atoms with Gasteiger partial charge in [0.25, 0.3) is 0 Å². The van der Waals surface area contributed by atoms with Crippen LogP contribution in [0, 0.1) is 0 Å². The normalized spacial score (nSPS) is 16.7. The van der Waals surface area contributed by atoms with Crippen LogP contribution in [0.1, 0.15) is 44.9 Å². The third-order valence-corrected chi connectivity index (χ3v) is 4.95. The zero-order valence-electron chi connectivity index (χ0n) is 15.6. The van der Waals surface area contributed by atoms with E-state index >= 15 is 0 Å². The maximum Gasteiger partial charge on any atom is 0.231 e. The number of benzene rings is 1. The fraction of sp³-hybridized carbons (Fsp3) is 0.650. The largest absolute Gasteiger partial charge is 0.454 e. The summed E-state index contributed by atoms with van der Waals surface area (Å²) in [5.74, 6) is 1.63. The number of rotatable bonds is 9. The van der Waals surface area contributed by atoms with Crippen LogP contribution in [0.2, 0.25) is 0 Å². The van der Waals surface area contributed by atoms with Crippen molar-refractivity contribution >= 4 is 11.6 Å². The van der Waals surface area contributed by atoms with Gasteiger partial charge in [-0.05, 0) is 31.4 Å². The predicted molar refractivity (Wildman–Crippen MR) is 98.9 cm³/mol. The third kappa shape index (κ3) is 4.89. The van der Waals surface area contributed by atoms with Gasteiger partial charge in [0, 0.05) is 37.9 Å². The van der Waals surface area contributed by atoms with Crippen molar-refractivity contribution in [1.82, 2.24) is 0 Å². The number of nitrogens with zero attached hydrogens (tertiary/aromatic N) is 1. The van der Waals surface area contributed by atoms with Crippen molar-refractivity contribution in [3.8, 4) is 11.5 Å². The Morgan fingerprint density at radius 1 is 1.12 bits per heavy atom. The highest BCUT2D eigenvalue weighted by Crippen LogP contribution is 2.37. The fourth-order valence-corrected chi connectivity index (χ4v) is 3.62. The maximum atomic E-state index is 13.0. The molecule has 0 bridgehead atoms. The number of anilines is 1. The van der Waals surface area contributed by atoms with Gasteiger partial charge in [0.05, 0.1) is 13.2 Å². The summed E-state index contributed by atoms with van der Waals surface area (Å²) < 4.78 is 21.3. The quantitative estimate of drug-likeness (QED) is 0.628. The number of hydrogen-bond donors (Lipinski definition) is 0. The molecule has 26 heavy (non-hydrogen) atoms. The van der Waals surface area contributed by atoms with Gasteiger partial charge in [-0.1, -0.05) is 19.3 Å². The molecule has 1 heterocycles. The Hall–Kier alpha value is -1.79. The van der Waals surface area contributed by atoms with E-state index in [0.717, 1.165) is 36.4 Å². The van der Waals surface area contributed by atoms with Crippen LogP contribution in [0.5, 0.6) is 11.5 Å². The van der Waals surface area contributed by atoms with Crippen LogP contribution in [0.4, 0.5) is 5.69 Å². The van der Waals surface area contributed by atoms with Crippen molar-refractivity contribution in [3.05, 3.63) is 18.2 Å². The standard InChI is InChI=1S/C20H29NO5/c1-23-12-13-24-11-5-8-20(22)21(16-6-3-2-4-7-16)17-9-10-18-19(14-17)26-15-25-18/h9-10,14,16H,2-8,11-13,15H2,1H3. The van der Waals surface area contributed by atoms with E-state index < -0.39 is 0 Å². The average Bonchev–Trinajstić information content (AvgIpc) is 3.13. The van der Waals surface area contributed by atoms with Gasteiger partial charge in [0.1, 0.15) is 0 Å². The summed E-state index contributed by atoms with van der Waals surface area (Å²) in [4.78, 5) is 15.0. The summed E-state index contributed by atoms with van der Waals surface area (Å²) >= 11 is 0. The lowest BCUT2D eigenvalue weighted by molar-refractivity contribution is -0.119. The van der Waals surface area contributed by atoms with Gasteiger partial charge >= 0.3 is 0 Å². The average molecular weight is 363 g/mol. The van der Waals surface area contributed by atoms with E-state index in [9.17, 15) is 4.79 Å². The first kappa shape index (κ1) is 19.0. The molecular weight excluding hydrogens is 334 g/mol. The second-order valence-electron chi connectivity index (χ2n) is 6.80. The third-order valence-electron chi connectivity index (χ3n) is 4.95. The number of amides is 1. The van der Waals surface area contributed by atoms with Crippen LogP contribution in [0.25, 0.3) is 0 Å². The molecule has 1 aromatic rings. The van der Waals surface area contributed by atoms with Crippen LogP contribution < -0.4 is 14.4 Å². The minimum atomic E-state index is 0.158. The first-order valence-corrected chi connectivity index (χ1v) is 9.58. The lowest BCUT2D eigenvalue weighted by Gasteiger charge is -2.34. The van der Waals surface area contributed by atoms with Crippen LogP contribution in [0.3, 0.4) is 0 Å². The number of carbonyl (C=O) groups is 1. The van der Waals surface area contributed by atoms with E-state index in [1.54, 1.807) is 7.11 Å². The predicted octanol–water partition coefficient (Wildman–Crippen LogP) is 3.52. The number of carbonyl (C=O) groups excluding carboxylic acids is 1. The number of hydrogen-bond acceptors (Lipinski definition) is 5. The number of fused-ring (bicyclic) bond motifs is 1. The first-order chi connectivity index (χ1) is 12.8. The monoisotopic (exact) mass is 363 g/mol. The van der Waals surface area contributed by atoms with Crippen molar-refractivity contribution in [2.45, 2.75) is 51.0 Å². The lowest BCUT2D eigenvalue weighted by atomic mass is 9.93. The van der Waals surface area contributed by atoms with Crippen molar-refractivity contribution in [2.75, 3.05) is 38.6 Å². The van der Waals surface area contributed by atoms with Crippen LogP contribution in [0.15, 0.2) is 18.2 Å². The molecule has 1 aromatic carbocycles. The Morgan fingerprint density at radius 2 is 1.92 bits per heavy atom. The highest BCUT2D eigenvalue weighted by Gasteiger charge is 2.28. The molecule has 3 rings (SSSR count). The van der Waals surface area contributed by atoms with E-state index in [1.807, 2.05) is 23.1 Å². The minimum Gasteiger partial charge on any atom is -0.454 e. The second-order valence-corrected chi connectivity index (χ2v) is 6.80. The Morgan fingerprint density at radius 3 is 2.73 bits per heavy atom. The molecule has 6 heteroatoms. The fourth-order valence-electron chi connectivity index (χ4n) is 3.62. The van der Waals surface area contributed by atoms with Gasteiger partial charge in [-0.3, -0.25) is 4.79 Å². The molecule has 0 saturated heterocycles. The Balaban J connectivity index is 1.64. The number of ether oxygens (including phenoxy) is 4. The molecule has 0 spiro atoms. The van der Waals surface area contributed by atoms with Crippen molar-refractivity contribution < 1.29 is 23.7 Å². The highest BCUT2D eigenvalue weighted by molar-refractivity contribution is 5.94. The van der Waals surface area contributed by atoms with E-state index in [2.05, 4.69) is 0 Å². The van der Waals surface area contributed by atoms with Gasteiger partial charge in [-0.2, -0.15) is 0 Å². The molecular formula is C20H29NO5. The van der Waals surface area contributed by atoms with Gasteiger partial charge in [0.2, 0.25) is 12.7 Å². The van der Waals surface area contributed by atoms with Gasteiger partial charge in [0.15, 0.2) is 11.5 Å². The summed E-state index contributed by atoms with van der Waals surface area (Å²) in [5, 5.41) is 0. The molecule has 144 valence electrons. The summed E-state index contributed by atoms with van der Waals surface area (Å²) in [6, 6.07) is 6.07. The highest BCUT2D eigenvalue weighted by atomic mass is 16.7. The van der Waals surface area contributed by atoms with Crippen molar-refractivity contribution in [2.24, 2.45) is 0 Å². The maximum absolute atomic E-state index is 13.0. The van der Waals surface area contributed by atoms with Crippen LogP contribution in [-0.4, -0.2) is 45.7 Å². The summed E-state index contributed by atoms with van der Waals surface area (Å²) in [7, 11) is 1.65. The molecule has 0 N–H and O–H groups in total. The molecule has 0 aromatic heterocycles. The van der Waals surface area contributed by atoms with E-state index in [1.165, 1.54) is 19.3 Å². The van der Waals surface area contributed by atoms with Crippen molar-refractivity contribution in [3.63, 3.8) is 0 Å². The molecule has 6 nitrogen and oxygen atoms in total. The first-order valence-electron chi connectivity index (χ1n) is 9.58. The Kier molecular flexibility index (Phi) is 7.14. The summed E-state index contributed by atoms with van der Waals surface area (Å²) in [6.07, 6.45) is 6.94.